The molecule has 0 N–H and O–H groups in total. The molecule has 0 bridgehead atoms. The highest BCUT2D eigenvalue weighted by atomic mass is 32.1. The summed E-state index contributed by atoms with van der Waals surface area (Å²) < 4.78 is 1.85. The van der Waals surface area contributed by atoms with Gasteiger partial charge in [0.2, 0.25) is 4.80 Å². The predicted octanol–water partition coefficient (Wildman–Crippen LogP) is 4.80. The summed E-state index contributed by atoms with van der Waals surface area (Å²) in [5.41, 5.74) is 6.27. The van der Waals surface area contributed by atoms with E-state index in [-0.39, 0.29) is 5.69 Å². The number of aryl methyl sites for hydroxylation is 1. The van der Waals surface area contributed by atoms with Crippen LogP contribution in [0.4, 0.5) is 5.69 Å². The molecule has 0 unspecified atom stereocenters. The van der Waals surface area contributed by atoms with Crippen LogP contribution in [0.5, 0.6) is 0 Å². The van der Waals surface area contributed by atoms with Crippen molar-refractivity contribution in [3.05, 3.63) is 92.1 Å². The normalized spacial score (nSPS) is 14.9. The quantitative estimate of drug-likeness (QED) is 0.348. The van der Waals surface area contributed by atoms with Gasteiger partial charge in [0, 0.05) is 28.6 Å². The molecule has 6 nitrogen and oxygen atoms in total. The smallest absolute Gasteiger partial charge is 0.258 e. The number of non-ortho nitro benzene ring substituents is 1. The van der Waals surface area contributed by atoms with E-state index in [9.17, 15) is 10.1 Å². The van der Waals surface area contributed by atoms with Gasteiger partial charge in [0.25, 0.3) is 5.69 Å². The molecule has 146 valence electrons. The Hall–Kier alpha value is -3.32. The maximum absolute atomic E-state index is 11.0. The summed E-state index contributed by atoms with van der Waals surface area (Å²) in [6, 6.07) is 14.9. The van der Waals surface area contributed by atoms with Crippen LogP contribution in [0.25, 0.3) is 11.3 Å². The van der Waals surface area contributed by atoms with E-state index in [0.29, 0.717) is 6.54 Å². The first kappa shape index (κ1) is 19.0. The van der Waals surface area contributed by atoms with Crippen LogP contribution >= 0.6 is 11.3 Å². The second-order valence-corrected chi connectivity index (χ2v) is 7.83. The monoisotopic (exact) mass is 404 g/mol. The van der Waals surface area contributed by atoms with Gasteiger partial charge >= 0.3 is 0 Å². The molecule has 1 heterocycles. The van der Waals surface area contributed by atoms with Gasteiger partial charge in [-0.25, -0.2) is 4.68 Å². The zero-order chi connectivity index (χ0) is 20.4. The third-order valence-corrected chi connectivity index (χ3v) is 5.58. The SMILES string of the molecule is C=C(C)CN=c1scc(-c2ccc([N+](=O)[O-])cc2)n1N=C1CCc2ccccc21. The first-order chi connectivity index (χ1) is 14.0. The van der Waals surface area contributed by atoms with Crippen LogP contribution in [-0.4, -0.2) is 21.9 Å². The molecule has 0 atom stereocenters. The van der Waals surface area contributed by atoms with Gasteiger partial charge in [0.05, 0.1) is 22.9 Å². The van der Waals surface area contributed by atoms with Gasteiger partial charge in [-0.2, -0.15) is 5.10 Å². The Kier molecular flexibility index (Phi) is 5.22. The molecule has 3 aromatic rings. The van der Waals surface area contributed by atoms with Gasteiger partial charge in [-0.05, 0) is 37.5 Å². The number of nitrogens with zero attached hydrogens (tertiary/aromatic N) is 4. The van der Waals surface area contributed by atoms with Crippen molar-refractivity contribution < 1.29 is 4.92 Å². The van der Waals surface area contributed by atoms with Gasteiger partial charge in [-0.1, -0.05) is 36.4 Å². The van der Waals surface area contributed by atoms with Crippen molar-refractivity contribution in [2.45, 2.75) is 19.8 Å². The molecule has 1 aliphatic carbocycles. The molecule has 0 aliphatic heterocycles. The third kappa shape index (κ3) is 3.95. The highest BCUT2D eigenvalue weighted by Crippen LogP contribution is 2.26. The lowest BCUT2D eigenvalue weighted by Gasteiger charge is -2.06. The van der Waals surface area contributed by atoms with Crippen molar-refractivity contribution in [2.24, 2.45) is 10.1 Å². The predicted molar refractivity (Wildman–Crippen MR) is 116 cm³/mol. The number of benzene rings is 2. The number of thiazole rings is 1. The number of aromatic nitrogens is 1. The van der Waals surface area contributed by atoms with Crippen LogP contribution in [0, 0.1) is 10.1 Å². The second-order valence-electron chi connectivity index (χ2n) is 7.00. The van der Waals surface area contributed by atoms with Crippen molar-refractivity contribution in [3.8, 4) is 11.3 Å². The van der Waals surface area contributed by atoms with Crippen LogP contribution in [0.3, 0.4) is 0 Å². The van der Waals surface area contributed by atoms with E-state index in [1.807, 2.05) is 23.0 Å². The summed E-state index contributed by atoms with van der Waals surface area (Å²) in [4.78, 5) is 16.0. The fourth-order valence-corrected chi connectivity index (χ4v) is 4.12. The van der Waals surface area contributed by atoms with Crippen LogP contribution in [0.1, 0.15) is 24.5 Å². The molecule has 1 aromatic heterocycles. The lowest BCUT2D eigenvalue weighted by atomic mass is 10.1. The molecule has 0 spiro atoms. The number of nitro groups is 1. The summed E-state index contributed by atoms with van der Waals surface area (Å²) in [5, 5.41) is 17.9. The lowest BCUT2D eigenvalue weighted by Crippen LogP contribution is -2.15. The maximum atomic E-state index is 11.0. The Morgan fingerprint density at radius 1 is 1.21 bits per heavy atom. The van der Waals surface area contributed by atoms with E-state index < -0.39 is 4.92 Å². The molecular weight excluding hydrogens is 384 g/mol. The standard InChI is InChI=1S/C22H20N4O2S/c1-15(2)13-23-22-25(24-20-12-9-16-5-3-4-6-19(16)20)21(14-29-22)17-7-10-18(11-8-17)26(27)28/h3-8,10-11,14H,1,9,12-13H2,2H3. The summed E-state index contributed by atoms with van der Waals surface area (Å²) >= 11 is 1.50. The van der Waals surface area contributed by atoms with Crippen molar-refractivity contribution >= 4 is 22.7 Å². The van der Waals surface area contributed by atoms with Crippen LogP contribution in [-0.2, 0) is 6.42 Å². The molecular formula is C22H20N4O2S. The average Bonchev–Trinajstić information content (AvgIpc) is 3.31. The first-order valence-electron chi connectivity index (χ1n) is 9.29. The van der Waals surface area contributed by atoms with Crippen LogP contribution in [0.2, 0.25) is 0 Å². The average molecular weight is 404 g/mol. The topological polar surface area (TPSA) is 72.8 Å². The number of rotatable bonds is 5. The molecule has 29 heavy (non-hydrogen) atoms. The van der Waals surface area contributed by atoms with Crippen molar-refractivity contribution in [2.75, 3.05) is 6.54 Å². The Morgan fingerprint density at radius 3 is 2.69 bits per heavy atom. The second kappa shape index (κ2) is 7.97. The molecule has 1 aliphatic rings. The van der Waals surface area contributed by atoms with Gasteiger partial charge in [0.1, 0.15) is 0 Å². The molecule has 4 rings (SSSR count). The van der Waals surface area contributed by atoms with Crippen molar-refractivity contribution in [1.82, 2.24) is 4.68 Å². The van der Waals surface area contributed by atoms with E-state index >= 15 is 0 Å². The van der Waals surface area contributed by atoms with Gasteiger partial charge < -0.3 is 0 Å². The van der Waals surface area contributed by atoms with E-state index in [1.165, 1.54) is 34.6 Å². The van der Waals surface area contributed by atoms with E-state index in [4.69, 9.17) is 5.10 Å². The van der Waals surface area contributed by atoms with E-state index in [0.717, 1.165) is 40.2 Å². The molecule has 7 heteroatoms. The largest absolute Gasteiger partial charge is 0.269 e. The Balaban J connectivity index is 1.83. The molecule has 2 aromatic carbocycles. The fourth-order valence-electron chi connectivity index (χ4n) is 3.29. The van der Waals surface area contributed by atoms with Crippen molar-refractivity contribution in [1.29, 1.82) is 0 Å². The Morgan fingerprint density at radius 2 is 1.97 bits per heavy atom. The molecule has 0 amide bonds. The third-order valence-electron chi connectivity index (χ3n) is 4.72. The number of nitro benzene ring substituents is 1. The minimum Gasteiger partial charge on any atom is -0.258 e. The summed E-state index contributed by atoms with van der Waals surface area (Å²) in [5.74, 6) is 0. The zero-order valence-corrected chi connectivity index (χ0v) is 16.9. The number of fused-ring (bicyclic) bond motifs is 1. The van der Waals surface area contributed by atoms with Crippen LogP contribution in [0.15, 0.2) is 76.2 Å². The summed E-state index contributed by atoms with van der Waals surface area (Å²) in [7, 11) is 0. The highest BCUT2D eigenvalue weighted by molar-refractivity contribution is 7.07. The van der Waals surface area contributed by atoms with Gasteiger partial charge in [-0.15, -0.1) is 11.3 Å². The zero-order valence-electron chi connectivity index (χ0n) is 16.0. The molecule has 0 radical (unpaired) electrons. The minimum absolute atomic E-state index is 0.0683. The first-order valence-corrected chi connectivity index (χ1v) is 10.2. The fraction of sp³-hybridized carbons (Fsp3) is 0.182. The van der Waals surface area contributed by atoms with Crippen LogP contribution < -0.4 is 4.80 Å². The van der Waals surface area contributed by atoms with Gasteiger partial charge in [0.15, 0.2) is 0 Å². The minimum atomic E-state index is -0.394. The van der Waals surface area contributed by atoms with E-state index in [1.54, 1.807) is 12.1 Å². The summed E-state index contributed by atoms with van der Waals surface area (Å²) in [6.07, 6.45) is 1.85. The molecule has 0 saturated carbocycles. The lowest BCUT2D eigenvalue weighted by molar-refractivity contribution is -0.384. The number of hydrogen-bond donors (Lipinski definition) is 0. The number of hydrogen-bond acceptors (Lipinski definition) is 5. The maximum Gasteiger partial charge on any atom is 0.269 e. The Bertz CT molecular complexity index is 1190. The van der Waals surface area contributed by atoms with E-state index in [2.05, 4.69) is 29.8 Å². The molecule has 0 saturated heterocycles. The molecule has 0 fully saturated rings. The van der Waals surface area contributed by atoms with Gasteiger partial charge in [-0.3, -0.25) is 15.1 Å². The highest BCUT2D eigenvalue weighted by Gasteiger charge is 2.18. The van der Waals surface area contributed by atoms with Crippen molar-refractivity contribution in [3.63, 3.8) is 0 Å². The summed E-state index contributed by atoms with van der Waals surface area (Å²) in [6.45, 7) is 6.40. The Labute approximate surface area is 172 Å².